The van der Waals surface area contributed by atoms with E-state index in [2.05, 4.69) is 52.7 Å². The van der Waals surface area contributed by atoms with Crippen LogP contribution in [-0.4, -0.2) is 67.5 Å². The van der Waals surface area contributed by atoms with Crippen LogP contribution in [0.1, 0.15) is 68.9 Å². The highest BCUT2D eigenvalue weighted by Gasteiger charge is 2.41. The molecule has 1 N–H and O–H groups in total. The lowest BCUT2D eigenvalue weighted by molar-refractivity contribution is -0.142. The van der Waals surface area contributed by atoms with E-state index in [0.29, 0.717) is 38.6 Å². The van der Waals surface area contributed by atoms with Crippen LogP contribution in [0.3, 0.4) is 0 Å². The van der Waals surface area contributed by atoms with Crippen LogP contribution >= 0.6 is 0 Å². The number of nitrogens with one attached hydrogen (secondary N) is 1. The lowest BCUT2D eigenvalue weighted by atomic mass is 9.73. The zero-order valence-electron chi connectivity index (χ0n) is 24.1. The van der Waals surface area contributed by atoms with Crippen molar-refractivity contribution >= 4 is 11.8 Å². The zero-order valence-corrected chi connectivity index (χ0v) is 24.1. The van der Waals surface area contributed by atoms with Gasteiger partial charge in [0.1, 0.15) is 12.4 Å². The number of ether oxygens (including phenoxy) is 1. The highest BCUT2D eigenvalue weighted by molar-refractivity contribution is 5.83. The molecule has 0 aliphatic carbocycles. The summed E-state index contributed by atoms with van der Waals surface area (Å²) >= 11 is 0. The second-order valence-corrected chi connectivity index (χ2v) is 12.2. The summed E-state index contributed by atoms with van der Waals surface area (Å²) < 4.78 is 6.02. The standard InChI is InChI=1S/C34H47N3O3/c38-32(27-29-15-22-36(23-16-29)21-14-28-9-3-1-4-10-28)37-24-18-34(19-25-37)17-8-2-5-11-30-12-6-7-13-31(30)40-26-20-35-33(34)39/h1,3-4,6-7,9-10,12-13,29H,2,5,8,11,14-27H2,(H,35,39). The Kier molecular flexibility index (Phi) is 10.1. The molecule has 2 aromatic rings. The van der Waals surface area contributed by atoms with Crippen LogP contribution in [0.5, 0.6) is 5.75 Å². The van der Waals surface area contributed by atoms with Crippen molar-refractivity contribution in [2.45, 2.75) is 70.6 Å². The van der Waals surface area contributed by atoms with Gasteiger partial charge in [-0.25, -0.2) is 0 Å². The summed E-state index contributed by atoms with van der Waals surface area (Å²) in [5, 5.41) is 3.17. The molecule has 0 unspecified atom stereocenters. The first kappa shape index (κ1) is 28.7. The molecule has 2 saturated heterocycles. The lowest BCUT2D eigenvalue weighted by Gasteiger charge is -2.41. The number of amides is 2. The van der Waals surface area contributed by atoms with Crippen molar-refractivity contribution in [1.82, 2.24) is 15.1 Å². The van der Waals surface area contributed by atoms with E-state index in [0.717, 1.165) is 89.6 Å². The predicted molar refractivity (Wildman–Crippen MR) is 159 cm³/mol. The van der Waals surface area contributed by atoms with E-state index in [1.807, 2.05) is 17.0 Å². The number of piperidine rings is 2. The Morgan fingerprint density at radius 1 is 0.900 bits per heavy atom. The number of carbonyl (C=O) groups excluding carboxylic acids is 2. The third-order valence-electron chi connectivity index (χ3n) is 9.50. The molecule has 3 heterocycles. The maximum Gasteiger partial charge on any atom is 0.226 e. The van der Waals surface area contributed by atoms with Crippen molar-refractivity contribution < 1.29 is 14.3 Å². The normalized spacial score (nSPS) is 21.3. The van der Waals surface area contributed by atoms with Gasteiger partial charge in [-0.1, -0.05) is 61.4 Å². The SMILES string of the molecule is O=C(CC1CCN(CCc2ccccc2)CC1)N1CCC2(CCCCCc3ccccc3OCCNC2=O)CC1. The molecular formula is C34H47N3O3. The van der Waals surface area contributed by atoms with Gasteiger partial charge in [0.15, 0.2) is 0 Å². The van der Waals surface area contributed by atoms with Gasteiger partial charge in [0.25, 0.3) is 0 Å². The molecule has 3 aliphatic rings. The van der Waals surface area contributed by atoms with Gasteiger partial charge < -0.3 is 19.9 Å². The number of para-hydroxylation sites is 1. The molecule has 0 saturated carbocycles. The molecule has 2 fully saturated rings. The minimum atomic E-state index is -0.359. The van der Waals surface area contributed by atoms with E-state index >= 15 is 0 Å². The van der Waals surface area contributed by atoms with Gasteiger partial charge in [-0.05, 0) is 87.6 Å². The molecule has 1 spiro atoms. The monoisotopic (exact) mass is 545 g/mol. The first-order valence-electron chi connectivity index (χ1n) is 15.6. The van der Waals surface area contributed by atoms with Crippen LogP contribution < -0.4 is 10.1 Å². The Hall–Kier alpha value is -2.86. The Morgan fingerprint density at radius 3 is 2.45 bits per heavy atom. The number of fused-ring (bicyclic) bond motifs is 1. The second kappa shape index (κ2) is 14.2. The van der Waals surface area contributed by atoms with Gasteiger partial charge >= 0.3 is 0 Å². The number of nitrogens with zero attached hydrogens (tertiary/aromatic N) is 2. The molecule has 6 nitrogen and oxygen atoms in total. The minimum absolute atomic E-state index is 0.151. The largest absolute Gasteiger partial charge is 0.491 e. The summed E-state index contributed by atoms with van der Waals surface area (Å²) in [6, 6.07) is 19.0. The summed E-state index contributed by atoms with van der Waals surface area (Å²) in [6.45, 7) is 5.66. The highest BCUT2D eigenvalue weighted by atomic mass is 16.5. The second-order valence-electron chi connectivity index (χ2n) is 12.2. The molecule has 5 rings (SSSR count). The van der Waals surface area contributed by atoms with Gasteiger partial charge in [0.2, 0.25) is 11.8 Å². The fourth-order valence-electron chi connectivity index (χ4n) is 6.82. The summed E-state index contributed by atoms with van der Waals surface area (Å²) in [5.41, 5.74) is 2.29. The number of benzene rings is 2. The Balaban J connectivity index is 1.07. The van der Waals surface area contributed by atoms with Crippen molar-refractivity contribution in [2.75, 3.05) is 45.9 Å². The van der Waals surface area contributed by atoms with Crippen LogP contribution in [-0.2, 0) is 22.4 Å². The summed E-state index contributed by atoms with van der Waals surface area (Å²) in [5.74, 6) is 1.86. The van der Waals surface area contributed by atoms with Gasteiger partial charge in [-0.2, -0.15) is 0 Å². The van der Waals surface area contributed by atoms with E-state index in [1.54, 1.807) is 0 Å². The van der Waals surface area contributed by atoms with Gasteiger partial charge in [-0.3, -0.25) is 9.59 Å². The van der Waals surface area contributed by atoms with E-state index in [-0.39, 0.29) is 17.2 Å². The van der Waals surface area contributed by atoms with E-state index in [9.17, 15) is 9.59 Å². The molecular weight excluding hydrogens is 498 g/mol. The zero-order chi connectivity index (χ0) is 27.6. The Bertz CT molecular complexity index is 1090. The number of rotatable bonds is 5. The molecule has 2 amide bonds. The molecule has 6 heteroatoms. The molecule has 0 radical (unpaired) electrons. The molecule has 40 heavy (non-hydrogen) atoms. The Morgan fingerprint density at radius 2 is 1.65 bits per heavy atom. The number of hydrogen-bond acceptors (Lipinski definition) is 4. The summed E-state index contributed by atoms with van der Waals surface area (Å²) in [4.78, 5) is 31.3. The smallest absolute Gasteiger partial charge is 0.226 e. The van der Waals surface area contributed by atoms with Crippen LogP contribution in [0.15, 0.2) is 54.6 Å². The van der Waals surface area contributed by atoms with Crippen LogP contribution in [0.25, 0.3) is 0 Å². The fourth-order valence-corrected chi connectivity index (χ4v) is 6.82. The fraction of sp³-hybridized carbons (Fsp3) is 0.588. The lowest BCUT2D eigenvalue weighted by Crippen LogP contribution is -2.51. The predicted octanol–water partition coefficient (Wildman–Crippen LogP) is 5.25. The highest BCUT2D eigenvalue weighted by Crippen LogP contribution is 2.38. The number of hydrogen-bond donors (Lipinski definition) is 1. The molecule has 216 valence electrons. The third-order valence-corrected chi connectivity index (χ3v) is 9.50. The molecule has 0 atom stereocenters. The van der Waals surface area contributed by atoms with E-state index < -0.39 is 0 Å². The maximum atomic E-state index is 13.4. The van der Waals surface area contributed by atoms with Crippen LogP contribution in [0.4, 0.5) is 0 Å². The quantitative estimate of drug-likeness (QED) is 0.558. The number of carbonyl (C=O) groups is 2. The molecule has 0 aromatic heterocycles. The molecule has 0 bridgehead atoms. The van der Waals surface area contributed by atoms with Crippen molar-refractivity contribution in [1.29, 1.82) is 0 Å². The van der Waals surface area contributed by atoms with Crippen molar-refractivity contribution in [2.24, 2.45) is 11.3 Å². The number of aryl methyl sites for hydroxylation is 1. The van der Waals surface area contributed by atoms with E-state index in [1.165, 1.54) is 11.1 Å². The topological polar surface area (TPSA) is 61.9 Å². The maximum absolute atomic E-state index is 13.4. The average molecular weight is 546 g/mol. The van der Waals surface area contributed by atoms with Crippen LogP contribution in [0, 0.1) is 11.3 Å². The van der Waals surface area contributed by atoms with Gasteiger partial charge in [0.05, 0.1) is 12.0 Å². The first-order chi connectivity index (χ1) is 19.6. The van der Waals surface area contributed by atoms with E-state index in [4.69, 9.17) is 4.74 Å². The number of likely N-dealkylation sites (tertiary alicyclic amines) is 2. The van der Waals surface area contributed by atoms with Crippen molar-refractivity contribution in [3.63, 3.8) is 0 Å². The third kappa shape index (κ3) is 7.66. The summed E-state index contributed by atoms with van der Waals surface area (Å²) in [7, 11) is 0. The molecule has 3 aliphatic heterocycles. The van der Waals surface area contributed by atoms with Gasteiger partial charge in [0, 0.05) is 26.1 Å². The van der Waals surface area contributed by atoms with Crippen molar-refractivity contribution in [3.8, 4) is 5.75 Å². The first-order valence-corrected chi connectivity index (χ1v) is 15.6. The Labute approximate surface area is 240 Å². The van der Waals surface area contributed by atoms with Gasteiger partial charge in [-0.15, -0.1) is 0 Å². The minimum Gasteiger partial charge on any atom is -0.491 e. The average Bonchev–Trinajstić information content (AvgIpc) is 3.01. The molecule has 2 aromatic carbocycles. The summed E-state index contributed by atoms with van der Waals surface area (Å²) in [6.07, 6.45) is 10.7. The van der Waals surface area contributed by atoms with Crippen LogP contribution in [0.2, 0.25) is 0 Å². The van der Waals surface area contributed by atoms with Crippen molar-refractivity contribution in [3.05, 3.63) is 65.7 Å².